The first-order chi connectivity index (χ1) is 11.9. The third-order valence-corrected chi connectivity index (χ3v) is 5.99. The molecule has 0 spiro atoms. The van der Waals surface area contributed by atoms with Gasteiger partial charge in [0.25, 0.3) is 0 Å². The predicted octanol–water partition coefficient (Wildman–Crippen LogP) is 5.28. The van der Waals surface area contributed by atoms with E-state index in [0.717, 1.165) is 17.1 Å². The summed E-state index contributed by atoms with van der Waals surface area (Å²) in [6.07, 6.45) is 13.3. The van der Waals surface area contributed by atoms with Crippen LogP contribution in [0.4, 0.5) is 0 Å². The SMILES string of the molecule is Cn1cc(-c2c[nH]c3ncc(C4CCC(C(C)(C)C)CC4)cc23)cn1. The molecule has 0 atom stereocenters. The van der Waals surface area contributed by atoms with Crippen LogP contribution in [0.25, 0.3) is 22.2 Å². The van der Waals surface area contributed by atoms with Crippen molar-refractivity contribution >= 4 is 11.0 Å². The van der Waals surface area contributed by atoms with Crippen molar-refractivity contribution in [1.82, 2.24) is 19.7 Å². The second kappa shape index (κ2) is 6.01. The molecule has 1 aliphatic carbocycles. The lowest BCUT2D eigenvalue weighted by Crippen LogP contribution is -2.25. The van der Waals surface area contributed by atoms with Gasteiger partial charge in [-0.2, -0.15) is 5.10 Å². The number of nitrogens with one attached hydrogen (secondary N) is 1. The average molecular weight is 336 g/mol. The van der Waals surface area contributed by atoms with Crippen molar-refractivity contribution in [3.8, 4) is 11.1 Å². The van der Waals surface area contributed by atoms with E-state index in [2.05, 4.69) is 55.5 Å². The summed E-state index contributed by atoms with van der Waals surface area (Å²) in [7, 11) is 1.95. The van der Waals surface area contributed by atoms with E-state index in [4.69, 9.17) is 4.98 Å². The number of hydrogen-bond acceptors (Lipinski definition) is 2. The van der Waals surface area contributed by atoms with Crippen LogP contribution in [0, 0.1) is 11.3 Å². The third-order valence-electron chi connectivity index (χ3n) is 5.99. The van der Waals surface area contributed by atoms with Gasteiger partial charge in [0, 0.05) is 42.2 Å². The lowest BCUT2D eigenvalue weighted by atomic mass is 9.69. The lowest BCUT2D eigenvalue weighted by Gasteiger charge is -2.37. The fourth-order valence-corrected chi connectivity index (χ4v) is 4.33. The van der Waals surface area contributed by atoms with Crippen molar-refractivity contribution in [2.45, 2.75) is 52.4 Å². The first kappa shape index (κ1) is 16.4. The minimum Gasteiger partial charge on any atom is -0.346 e. The Morgan fingerprint density at radius 2 is 1.88 bits per heavy atom. The number of aromatic amines is 1. The number of fused-ring (bicyclic) bond motifs is 1. The highest BCUT2D eigenvalue weighted by atomic mass is 15.2. The first-order valence-electron chi connectivity index (χ1n) is 9.38. The molecule has 0 aliphatic heterocycles. The van der Waals surface area contributed by atoms with E-state index in [-0.39, 0.29) is 0 Å². The molecule has 4 rings (SSSR count). The Morgan fingerprint density at radius 3 is 2.52 bits per heavy atom. The molecule has 25 heavy (non-hydrogen) atoms. The molecular formula is C21H28N4. The summed E-state index contributed by atoms with van der Waals surface area (Å²) in [5.74, 6) is 1.49. The second-order valence-electron chi connectivity index (χ2n) is 8.68. The summed E-state index contributed by atoms with van der Waals surface area (Å²) in [4.78, 5) is 8.00. The smallest absolute Gasteiger partial charge is 0.137 e. The number of rotatable bonds is 2. The summed E-state index contributed by atoms with van der Waals surface area (Å²) in [6, 6.07) is 2.35. The van der Waals surface area contributed by atoms with Gasteiger partial charge in [-0.1, -0.05) is 20.8 Å². The van der Waals surface area contributed by atoms with Crippen molar-refractivity contribution in [2.24, 2.45) is 18.4 Å². The second-order valence-corrected chi connectivity index (χ2v) is 8.68. The summed E-state index contributed by atoms with van der Waals surface area (Å²) in [5.41, 5.74) is 5.13. The Balaban J connectivity index is 1.61. The molecule has 132 valence electrons. The maximum atomic E-state index is 4.69. The van der Waals surface area contributed by atoms with Gasteiger partial charge in [-0.15, -0.1) is 0 Å². The van der Waals surface area contributed by atoms with E-state index in [1.54, 1.807) is 0 Å². The van der Waals surface area contributed by atoms with E-state index in [1.165, 1.54) is 42.2 Å². The highest BCUT2D eigenvalue weighted by Gasteiger charge is 2.30. The molecule has 4 heteroatoms. The number of nitrogens with zero attached hydrogens (tertiary/aromatic N) is 3. The van der Waals surface area contributed by atoms with Crippen molar-refractivity contribution in [3.63, 3.8) is 0 Å². The van der Waals surface area contributed by atoms with E-state index in [1.807, 2.05) is 17.9 Å². The van der Waals surface area contributed by atoms with Crippen LogP contribution in [-0.2, 0) is 7.05 Å². The highest BCUT2D eigenvalue weighted by Crippen LogP contribution is 2.43. The van der Waals surface area contributed by atoms with Gasteiger partial charge in [-0.25, -0.2) is 4.98 Å². The van der Waals surface area contributed by atoms with Gasteiger partial charge in [-0.05, 0) is 54.6 Å². The molecule has 4 nitrogen and oxygen atoms in total. The Bertz CT molecular complexity index is 873. The maximum Gasteiger partial charge on any atom is 0.137 e. The molecule has 1 saturated carbocycles. The van der Waals surface area contributed by atoms with Crippen LogP contribution in [0.2, 0.25) is 0 Å². The number of aryl methyl sites for hydroxylation is 1. The molecule has 3 aromatic heterocycles. The zero-order chi connectivity index (χ0) is 17.6. The minimum atomic E-state index is 0.432. The Morgan fingerprint density at radius 1 is 1.12 bits per heavy atom. The first-order valence-corrected chi connectivity index (χ1v) is 9.38. The molecule has 0 saturated heterocycles. The van der Waals surface area contributed by atoms with Gasteiger partial charge in [-0.3, -0.25) is 4.68 Å². The standard InChI is InChI=1S/C21H28N4/c1-21(2,3)17-7-5-14(6-8-17)15-9-18-19(12-23-20(18)22-10-15)16-11-24-25(4)13-16/h9-14,17H,5-8H2,1-4H3,(H,22,23). The molecule has 1 aliphatic rings. The Hall–Kier alpha value is -2.10. The van der Waals surface area contributed by atoms with Gasteiger partial charge < -0.3 is 4.98 Å². The van der Waals surface area contributed by atoms with Gasteiger partial charge >= 0.3 is 0 Å². The van der Waals surface area contributed by atoms with Gasteiger partial charge in [0.05, 0.1) is 6.20 Å². The molecule has 1 N–H and O–H groups in total. The molecule has 0 unspecified atom stereocenters. The van der Waals surface area contributed by atoms with Gasteiger partial charge in [0.15, 0.2) is 0 Å². The summed E-state index contributed by atoms with van der Waals surface area (Å²) >= 11 is 0. The van der Waals surface area contributed by atoms with Crippen LogP contribution in [0.5, 0.6) is 0 Å². The summed E-state index contributed by atoms with van der Waals surface area (Å²) in [5, 5.41) is 5.52. The largest absolute Gasteiger partial charge is 0.346 e. The van der Waals surface area contributed by atoms with Gasteiger partial charge in [0.2, 0.25) is 0 Å². The van der Waals surface area contributed by atoms with Crippen molar-refractivity contribution in [1.29, 1.82) is 0 Å². The zero-order valence-corrected chi connectivity index (χ0v) is 15.7. The maximum absolute atomic E-state index is 4.69. The molecule has 0 radical (unpaired) electrons. The van der Waals surface area contributed by atoms with Crippen LogP contribution in [0.15, 0.2) is 30.9 Å². The van der Waals surface area contributed by atoms with Crippen LogP contribution >= 0.6 is 0 Å². The monoisotopic (exact) mass is 336 g/mol. The molecule has 1 fully saturated rings. The fraction of sp³-hybridized carbons (Fsp3) is 0.524. The number of hydrogen-bond donors (Lipinski definition) is 1. The predicted molar refractivity (Wildman–Crippen MR) is 102 cm³/mol. The Labute approximate surface area is 149 Å². The van der Waals surface area contributed by atoms with E-state index >= 15 is 0 Å². The molecule has 3 heterocycles. The van der Waals surface area contributed by atoms with Crippen LogP contribution < -0.4 is 0 Å². The minimum absolute atomic E-state index is 0.432. The Kier molecular flexibility index (Phi) is 3.94. The van der Waals surface area contributed by atoms with E-state index in [9.17, 15) is 0 Å². The molecular weight excluding hydrogens is 308 g/mol. The average Bonchev–Trinajstić information content (AvgIpc) is 3.19. The summed E-state index contributed by atoms with van der Waals surface area (Å²) < 4.78 is 1.85. The normalized spacial score (nSPS) is 21.8. The fourth-order valence-electron chi connectivity index (χ4n) is 4.33. The third kappa shape index (κ3) is 3.10. The molecule has 0 amide bonds. The van der Waals surface area contributed by atoms with Crippen LogP contribution in [0.3, 0.4) is 0 Å². The molecule has 0 bridgehead atoms. The van der Waals surface area contributed by atoms with Gasteiger partial charge in [0.1, 0.15) is 5.65 Å². The zero-order valence-electron chi connectivity index (χ0n) is 15.7. The number of aromatic nitrogens is 4. The number of pyridine rings is 1. The van der Waals surface area contributed by atoms with Crippen LogP contribution in [-0.4, -0.2) is 19.7 Å². The van der Waals surface area contributed by atoms with Crippen molar-refractivity contribution < 1.29 is 0 Å². The quantitative estimate of drug-likeness (QED) is 0.692. The summed E-state index contributed by atoms with van der Waals surface area (Å²) in [6.45, 7) is 7.14. The number of H-pyrrole nitrogens is 1. The molecule has 0 aromatic carbocycles. The molecule has 3 aromatic rings. The van der Waals surface area contributed by atoms with E-state index in [0.29, 0.717) is 11.3 Å². The highest BCUT2D eigenvalue weighted by molar-refractivity contribution is 5.93. The van der Waals surface area contributed by atoms with E-state index < -0.39 is 0 Å². The van der Waals surface area contributed by atoms with Crippen molar-refractivity contribution in [2.75, 3.05) is 0 Å². The lowest BCUT2D eigenvalue weighted by molar-refractivity contribution is 0.169. The van der Waals surface area contributed by atoms with Crippen LogP contribution in [0.1, 0.15) is 57.9 Å². The topological polar surface area (TPSA) is 46.5 Å². The van der Waals surface area contributed by atoms with Crippen molar-refractivity contribution in [3.05, 3.63) is 36.4 Å².